The number of hydrogen-bond acceptors (Lipinski definition) is 2. The van der Waals surface area contributed by atoms with Gasteiger partial charge in [0, 0.05) is 23.9 Å². The molecule has 1 aromatic carbocycles. The normalized spacial score (nSPS) is 16.2. The molecule has 0 atom stereocenters. The predicted octanol–water partition coefficient (Wildman–Crippen LogP) is 3.98. The summed E-state index contributed by atoms with van der Waals surface area (Å²) >= 11 is 7.53. The second-order valence-electron chi connectivity index (χ2n) is 4.91. The van der Waals surface area contributed by atoms with Crippen molar-refractivity contribution >= 4 is 29.3 Å². The van der Waals surface area contributed by atoms with Gasteiger partial charge in [0.25, 0.3) is 0 Å². The number of nitrogens with zero attached hydrogens (tertiary/aromatic N) is 1. The van der Waals surface area contributed by atoms with E-state index in [2.05, 4.69) is 0 Å². The maximum absolute atomic E-state index is 12.1. The van der Waals surface area contributed by atoms with E-state index in [0.29, 0.717) is 11.7 Å². The van der Waals surface area contributed by atoms with Crippen LogP contribution >= 0.6 is 23.4 Å². The van der Waals surface area contributed by atoms with Gasteiger partial charge in [-0.05, 0) is 30.5 Å². The van der Waals surface area contributed by atoms with Crippen LogP contribution in [0.5, 0.6) is 0 Å². The lowest BCUT2D eigenvalue weighted by Gasteiger charge is -2.19. The average Bonchev–Trinajstić information content (AvgIpc) is 2.70. The van der Waals surface area contributed by atoms with Gasteiger partial charge in [-0.1, -0.05) is 36.6 Å². The highest BCUT2D eigenvalue weighted by Gasteiger charge is 2.14. The predicted molar refractivity (Wildman–Crippen MR) is 82.7 cm³/mol. The topological polar surface area (TPSA) is 20.3 Å². The first kappa shape index (κ1) is 14.7. The minimum atomic E-state index is 0.292. The van der Waals surface area contributed by atoms with Gasteiger partial charge in [-0.15, -0.1) is 11.8 Å². The highest BCUT2D eigenvalue weighted by molar-refractivity contribution is 7.99. The summed E-state index contributed by atoms with van der Waals surface area (Å²) in [5.41, 5.74) is 1.22. The summed E-state index contributed by atoms with van der Waals surface area (Å²) in [7, 11) is 0. The van der Waals surface area contributed by atoms with E-state index < -0.39 is 0 Å². The van der Waals surface area contributed by atoms with E-state index in [9.17, 15) is 4.79 Å². The third-order valence-electron chi connectivity index (χ3n) is 3.37. The summed E-state index contributed by atoms with van der Waals surface area (Å²) < 4.78 is 0. The first-order valence-electron chi connectivity index (χ1n) is 6.85. The van der Waals surface area contributed by atoms with Crippen LogP contribution < -0.4 is 0 Å². The Bertz CT molecular complexity index is 399. The van der Waals surface area contributed by atoms with Crippen molar-refractivity contribution in [2.45, 2.75) is 31.4 Å². The van der Waals surface area contributed by atoms with E-state index in [1.54, 1.807) is 11.8 Å². The van der Waals surface area contributed by atoms with Crippen LogP contribution in [0, 0.1) is 0 Å². The Morgan fingerprint density at radius 3 is 2.37 bits per heavy atom. The molecule has 0 saturated carbocycles. The van der Waals surface area contributed by atoms with E-state index in [-0.39, 0.29) is 0 Å². The smallest absolute Gasteiger partial charge is 0.232 e. The van der Waals surface area contributed by atoms with Crippen LogP contribution in [0.25, 0.3) is 0 Å². The number of halogens is 1. The van der Waals surface area contributed by atoms with Crippen molar-refractivity contribution in [3.63, 3.8) is 0 Å². The van der Waals surface area contributed by atoms with E-state index >= 15 is 0 Å². The standard InChI is InChI=1S/C15H20ClNOS/c16-14-7-5-13(6-8-14)11-19-12-15(18)17-9-3-1-2-4-10-17/h5-8H,1-4,9-12H2. The zero-order valence-electron chi connectivity index (χ0n) is 11.1. The first-order chi connectivity index (χ1) is 9.25. The SMILES string of the molecule is O=C(CSCc1ccc(Cl)cc1)N1CCCCCC1. The molecule has 0 bridgehead atoms. The van der Waals surface area contributed by atoms with Gasteiger partial charge in [0.2, 0.25) is 5.91 Å². The molecule has 19 heavy (non-hydrogen) atoms. The lowest BCUT2D eigenvalue weighted by Crippen LogP contribution is -2.33. The third-order valence-corrected chi connectivity index (χ3v) is 4.61. The van der Waals surface area contributed by atoms with E-state index in [4.69, 9.17) is 11.6 Å². The maximum atomic E-state index is 12.1. The van der Waals surface area contributed by atoms with Gasteiger partial charge >= 0.3 is 0 Å². The monoisotopic (exact) mass is 297 g/mol. The number of benzene rings is 1. The van der Waals surface area contributed by atoms with E-state index in [1.807, 2.05) is 29.2 Å². The van der Waals surface area contributed by atoms with Crippen LogP contribution in [-0.4, -0.2) is 29.6 Å². The molecule has 2 rings (SSSR count). The van der Waals surface area contributed by atoms with Gasteiger partial charge in [-0.2, -0.15) is 0 Å². The van der Waals surface area contributed by atoms with Gasteiger partial charge in [0.1, 0.15) is 0 Å². The molecule has 1 amide bonds. The summed E-state index contributed by atoms with van der Waals surface area (Å²) in [6, 6.07) is 7.83. The van der Waals surface area contributed by atoms with Crippen molar-refractivity contribution in [2.24, 2.45) is 0 Å². The van der Waals surface area contributed by atoms with Gasteiger partial charge in [0.05, 0.1) is 5.75 Å². The van der Waals surface area contributed by atoms with Crippen molar-refractivity contribution in [1.29, 1.82) is 0 Å². The molecule has 1 aliphatic heterocycles. The van der Waals surface area contributed by atoms with Gasteiger partial charge in [-0.25, -0.2) is 0 Å². The Balaban J connectivity index is 1.72. The quantitative estimate of drug-likeness (QED) is 0.838. The minimum absolute atomic E-state index is 0.292. The average molecular weight is 298 g/mol. The fourth-order valence-electron chi connectivity index (χ4n) is 2.25. The molecule has 0 spiro atoms. The highest BCUT2D eigenvalue weighted by Crippen LogP contribution is 2.17. The second kappa shape index (κ2) is 7.81. The number of rotatable bonds is 4. The van der Waals surface area contributed by atoms with Crippen molar-refractivity contribution in [3.8, 4) is 0 Å². The Labute approximate surface area is 124 Å². The Morgan fingerprint density at radius 1 is 1.11 bits per heavy atom. The molecule has 4 heteroatoms. The molecule has 1 heterocycles. The van der Waals surface area contributed by atoms with Crippen LogP contribution in [0.2, 0.25) is 5.02 Å². The summed E-state index contributed by atoms with van der Waals surface area (Å²) in [5.74, 6) is 1.75. The Hall–Kier alpha value is -0.670. The summed E-state index contributed by atoms with van der Waals surface area (Å²) in [5, 5.41) is 0.759. The van der Waals surface area contributed by atoms with Crippen molar-refractivity contribution in [1.82, 2.24) is 4.90 Å². The number of amides is 1. The molecular weight excluding hydrogens is 278 g/mol. The molecule has 1 aromatic rings. The molecule has 0 N–H and O–H groups in total. The van der Waals surface area contributed by atoms with Crippen LogP contribution in [0.1, 0.15) is 31.2 Å². The lowest BCUT2D eigenvalue weighted by atomic mass is 10.2. The molecule has 1 saturated heterocycles. The van der Waals surface area contributed by atoms with Gasteiger partial charge in [0.15, 0.2) is 0 Å². The third kappa shape index (κ3) is 5.07. The molecule has 0 aromatic heterocycles. The molecule has 0 radical (unpaired) electrons. The summed E-state index contributed by atoms with van der Waals surface area (Å²) in [6.07, 6.45) is 4.85. The van der Waals surface area contributed by atoms with E-state index in [1.165, 1.54) is 18.4 Å². The summed E-state index contributed by atoms with van der Waals surface area (Å²) in [6.45, 7) is 1.89. The number of likely N-dealkylation sites (tertiary alicyclic amines) is 1. The fraction of sp³-hybridized carbons (Fsp3) is 0.533. The van der Waals surface area contributed by atoms with Gasteiger partial charge in [-0.3, -0.25) is 4.79 Å². The van der Waals surface area contributed by atoms with Crippen LogP contribution in [0.4, 0.5) is 0 Å². The highest BCUT2D eigenvalue weighted by atomic mass is 35.5. The number of thioether (sulfide) groups is 1. The van der Waals surface area contributed by atoms with E-state index in [0.717, 1.165) is 36.7 Å². The molecule has 1 fully saturated rings. The Morgan fingerprint density at radius 2 is 1.74 bits per heavy atom. The number of carbonyl (C=O) groups excluding carboxylic acids is 1. The van der Waals surface area contributed by atoms with Crippen molar-refractivity contribution in [3.05, 3.63) is 34.9 Å². The fourth-order valence-corrected chi connectivity index (χ4v) is 3.26. The second-order valence-corrected chi connectivity index (χ2v) is 6.34. The van der Waals surface area contributed by atoms with Crippen molar-refractivity contribution in [2.75, 3.05) is 18.8 Å². The van der Waals surface area contributed by atoms with Crippen LogP contribution in [-0.2, 0) is 10.5 Å². The molecule has 2 nitrogen and oxygen atoms in total. The number of hydrogen-bond donors (Lipinski definition) is 0. The molecule has 104 valence electrons. The zero-order valence-corrected chi connectivity index (χ0v) is 12.7. The maximum Gasteiger partial charge on any atom is 0.232 e. The first-order valence-corrected chi connectivity index (χ1v) is 8.39. The zero-order chi connectivity index (χ0) is 13.5. The van der Waals surface area contributed by atoms with Crippen LogP contribution in [0.3, 0.4) is 0 Å². The van der Waals surface area contributed by atoms with Crippen molar-refractivity contribution < 1.29 is 4.79 Å². The molecule has 0 aliphatic carbocycles. The largest absolute Gasteiger partial charge is 0.342 e. The number of carbonyl (C=O) groups is 1. The van der Waals surface area contributed by atoms with Crippen LogP contribution in [0.15, 0.2) is 24.3 Å². The molecule has 1 aliphatic rings. The molecular formula is C15H20ClNOS. The lowest BCUT2D eigenvalue weighted by molar-refractivity contribution is -0.128. The summed E-state index contributed by atoms with van der Waals surface area (Å²) in [4.78, 5) is 14.1. The van der Waals surface area contributed by atoms with Gasteiger partial charge < -0.3 is 4.90 Å². The molecule has 0 unspecified atom stereocenters. The minimum Gasteiger partial charge on any atom is -0.342 e. The Kier molecular flexibility index (Phi) is 6.05.